The number of halogens is 2. The average Bonchev–Trinajstić information content (AvgIpc) is 2.59. The van der Waals surface area contributed by atoms with Crippen LogP contribution in [0.25, 0.3) is 0 Å². The maximum absolute atomic E-state index is 12.7. The quantitative estimate of drug-likeness (QED) is 0.703. The smallest absolute Gasteiger partial charge is 0.387 e. The Hall–Kier alpha value is -1.89. The summed E-state index contributed by atoms with van der Waals surface area (Å²) in [5.41, 5.74) is 0.629. The minimum absolute atomic E-state index is 0.107. The highest BCUT2D eigenvalue weighted by Crippen LogP contribution is 2.28. The molecule has 7 heteroatoms. The number of hydrogen-bond donors (Lipinski definition) is 2. The lowest BCUT2D eigenvalue weighted by Gasteiger charge is -2.27. The molecule has 0 unspecified atom stereocenters. The van der Waals surface area contributed by atoms with E-state index < -0.39 is 12.6 Å². The molecule has 140 valence electrons. The van der Waals surface area contributed by atoms with Gasteiger partial charge in [0.25, 0.3) is 0 Å². The molecule has 0 radical (unpaired) electrons. The normalized spacial score (nSPS) is 20.5. The molecule has 5 nitrogen and oxygen atoms in total. The number of carboxylic acid groups (broad SMARTS) is 1. The van der Waals surface area contributed by atoms with Gasteiger partial charge in [0.2, 0.25) is 0 Å². The van der Waals surface area contributed by atoms with E-state index in [9.17, 15) is 13.6 Å². The Labute approximate surface area is 146 Å². The van der Waals surface area contributed by atoms with E-state index >= 15 is 0 Å². The molecule has 2 rings (SSSR count). The summed E-state index contributed by atoms with van der Waals surface area (Å²) < 4.78 is 35.4. The molecule has 1 saturated carbocycles. The maximum Gasteiger partial charge on any atom is 0.387 e. The second kappa shape index (κ2) is 9.56. The topological polar surface area (TPSA) is 67.8 Å². The van der Waals surface area contributed by atoms with Gasteiger partial charge in [-0.15, -0.1) is 0 Å². The molecule has 0 bridgehead atoms. The molecule has 0 atom stereocenters. The SMILES string of the molecule is CCCOc1ccc(CNC2CCC(C(=O)O)CC2)c(OC(F)F)c1. The molecular formula is C18H25F2NO4. The van der Waals surface area contributed by atoms with Crippen LogP contribution in [0.5, 0.6) is 11.5 Å². The zero-order chi connectivity index (χ0) is 18.2. The summed E-state index contributed by atoms with van der Waals surface area (Å²) in [5, 5.41) is 12.3. The molecule has 1 aliphatic rings. The van der Waals surface area contributed by atoms with Crippen LogP contribution in [0.15, 0.2) is 18.2 Å². The predicted octanol–water partition coefficient (Wildman–Crippen LogP) is 3.81. The van der Waals surface area contributed by atoms with Crippen molar-refractivity contribution in [2.75, 3.05) is 6.61 Å². The van der Waals surface area contributed by atoms with Gasteiger partial charge in [-0.2, -0.15) is 8.78 Å². The Morgan fingerprint density at radius 2 is 2.04 bits per heavy atom. The van der Waals surface area contributed by atoms with Crippen molar-refractivity contribution in [2.24, 2.45) is 5.92 Å². The largest absolute Gasteiger partial charge is 0.493 e. The molecule has 1 aliphatic carbocycles. The highest BCUT2D eigenvalue weighted by atomic mass is 19.3. The van der Waals surface area contributed by atoms with E-state index in [-0.39, 0.29) is 17.7 Å². The van der Waals surface area contributed by atoms with Gasteiger partial charge in [0.1, 0.15) is 11.5 Å². The summed E-state index contributed by atoms with van der Waals surface area (Å²) in [6.07, 6.45) is 3.63. The van der Waals surface area contributed by atoms with E-state index in [1.54, 1.807) is 12.1 Å². The number of rotatable bonds is 9. The first kappa shape index (κ1) is 19.4. The molecule has 0 saturated heterocycles. The van der Waals surface area contributed by atoms with Gasteiger partial charge in [0.05, 0.1) is 12.5 Å². The van der Waals surface area contributed by atoms with Crippen molar-refractivity contribution in [2.45, 2.75) is 58.2 Å². The molecule has 2 N–H and O–H groups in total. The first-order chi connectivity index (χ1) is 12.0. The highest BCUT2D eigenvalue weighted by molar-refractivity contribution is 5.70. The van der Waals surface area contributed by atoms with Crippen LogP contribution in [0.3, 0.4) is 0 Å². The standard InChI is InChI=1S/C18H25F2NO4/c1-2-9-24-15-8-5-13(16(10-15)25-18(19)20)11-21-14-6-3-12(4-7-14)17(22)23/h5,8,10,12,14,18,21H,2-4,6-7,9,11H2,1H3,(H,22,23). The minimum atomic E-state index is -2.90. The summed E-state index contributed by atoms with van der Waals surface area (Å²) in [4.78, 5) is 11.0. The molecule has 1 aromatic rings. The molecule has 0 aliphatic heterocycles. The number of benzene rings is 1. The van der Waals surface area contributed by atoms with Gasteiger partial charge in [-0.05, 0) is 38.2 Å². The van der Waals surface area contributed by atoms with Crippen LogP contribution in [-0.2, 0) is 11.3 Å². The van der Waals surface area contributed by atoms with Crippen molar-refractivity contribution in [3.63, 3.8) is 0 Å². The average molecular weight is 357 g/mol. The zero-order valence-corrected chi connectivity index (χ0v) is 14.3. The Morgan fingerprint density at radius 3 is 2.64 bits per heavy atom. The Kier molecular flexibility index (Phi) is 7.43. The van der Waals surface area contributed by atoms with Gasteiger partial charge in [-0.1, -0.05) is 13.0 Å². The molecule has 25 heavy (non-hydrogen) atoms. The van der Waals surface area contributed by atoms with Crippen LogP contribution in [0, 0.1) is 5.92 Å². The van der Waals surface area contributed by atoms with E-state index in [0.717, 1.165) is 19.3 Å². The fraction of sp³-hybridized carbons (Fsp3) is 0.611. The maximum atomic E-state index is 12.7. The molecule has 0 heterocycles. The number of hydrogen-bond acceptors (Lipinski definition) is 4. The van der Waals surface area contributed by atoms with Crippen molar-refractivity contribution < 1.29 is 28.2 Å². The summed E-state index contributed by atoms with van der Waals surface area (Å²) >= 11 is 0. The van der Waals surface area contributed by atoms with Crippen molar-refractivity contribution >= 4 is 5.97 Å². The van der Waals surface area contributed by atoms with Gasteiger partial charge < -0.3 is 19.9 Å². The molecule has 1 aromatic carbocycles. The molecular weight excluding hydrogens is 332 g/mol. The van der Waals surface area contributed by atoms with Crippen molar-refractivity contribution in [3.05, 3.63) is 23.8 Å². The molecule has 0 amide bonds. The third kappa shape index (κ3) is 6.16. The van der Waals surface area contributed by atoms with Crippen LogP contribution >= 0.6 is 0 Å². The minimum Gasteiger partial charge on any atom is -0.493 e. The Bertz CT molecular complexity index is 560. The number of nitrogens with one attached hydrogen (secondary N) is 1. The van der Waals surface area contributed by atoms with Crippen LogP contribution < -0.4 is 14.8 Å². The summed E-state index contributed by atoms with van der Waals surface area (Å²) in [6.45, 7) is -0.0310. The summed E-state index contributed by atoms with van der Waals surface area (Å²) in [6, 6.07) is 5.14. The lowest BCUT2D eigenvalue weighted by Crippen LogP contribution is -2.34. The Balaban J connectivity index is 1.94. The number of aliphatic carboxylic acids is 1. The van der Waals surface area contributed by atoms with Gasteiger partial charge in [-0.3, -0.25) is 4.79 Å². The van der Waals surface area contributed by atoms with Gasteiger partial charge >= 0.3 is 12.6 Å². The highest BCUT2D eigenvalue weighted by Gasteiger charge is 2.25. The second-order valence-corrected chi connectivity index (χ2v) is 6.26. The first-order valence-corrected chi connectivity index (χ1v) is 8.66. The van der Waals surface area contributed by atoms with Gasteiger partial charge in [0, 0.05) is 24.2 Å². The van der Waals surface area contributed by atoms with Gasteiger partial charge in [0.15, 0.2) is 0 Å². The second-order valence-electron chi connectivity index (χ2n) is 6.26. The first-order valence-electron chi connectivity index (χ1n) is 8.66. The van der Waals surface area contributed by atoms with Crippen molar-refractivity contribution in [3.8, 4) is 11.5 Å². The molecule has 1 fully saturated rings. The zero-order valence-electron chi connectivity index (χ0n) is 14.3. The van der Waals surface area contributed by atoms with Crippen molar-refractivity contribution in [1.29, 1.82) is 0 Å². The van der Waals surface area contributed by atoms with Crippen LogP contribution in [-0.4, -0.2) is 30.3 Å². The predicted molar refractivity (Wildman–Crippen MR) is 89.1 cm³/mol. The molecule has 0 spiro atoms. The fourth-order valence-corrected chi connectivity index (χ4v) is 3.00. The fourth-order valence-electron chi connectivity index (χ4n) is 3.00. The van der Waals surface area contributed by atoms with Crippen LogP contribution in [0.1, 0.15) is 44.6 Å². The summed E-state index contributed by atoms with van der Waals surface area (Å²) in [7, 11) is 0. The van der Waals surface area contributed by atoms with E-state index in [0.29, 0.717) is 37.3 Å². The number of carboxylic acids is 1. The van der Waals surface area contributed by atoms with E-state index in [4.69, 9.17) is 9.84 Å². The number of carbonyl (C=O) groups is 1. The van der Waals surface area contributed by atoms with Crippen LogP contribution in [0.4, 0.5) is 8.78 Å². The van der Waals surface area contributed by atoms with Gasteiger partial charge in [-0.25, -0.2) is 0 Å². The third-order valence-electron chi connectivity index (χ3n) is 4.39. The van der Waals surface area contributed by atoms with E-state index in [2.05, 4.69) is 10.1 Å². The lowest BCUT2D eigenvalue weighted by molar-refractivity contribution is -0.142. The Morgan fingerprint density at radius 1 is 1.32 bits per heavy atom. The number of ether oxygens (including phenoxy) is 2. The lowest BCUT2D eigenvalue weighted by atomic mass is 9.86. The molecule has 0 aromatic heterocycles. The van der Waals surface area contributed by atoms with Crippen molar-refractivity contribution in [1.82, 2.24) is 5.32 Å². The van der Waals surface area contributed by atoms with E-state index in [1.165, 1.54) is 6.07 Å². The summed E-state index contributed by atoms with van der Waals surface area (Å²) in [5.74, 6) is -0.405. The van der Waals surface area contributed by atoms with E-state index in [1.807, 2.05) is 6.92 Å². The van der Waals surface area contributed by atoms with Crippen LogP contribution in [0.2, 0.25) is 0 Å². The number of alkyl halides is 2. The third-order valence-corrected chi connectivity index (χ3v) is 4.39. The monoisotopic (exact) mass is 357 g/mol.